The van der Waals surface area contributed by atoms with Gasteiger partial charge < -0.3 is 19.7 Å². The summed E-state index contributed by atoms with van der Waals surface area (Å²) in [6.07, 6.45) is 3.10. The molecule has 1 aromatic carbocycles. The lowest BCUT2D eigenvalue weighted by molar-refractivity contribution is -0.111. The lowest BCUT2D eigenvalue weighted by atomic mass is 10.0. The van der Waals surface area contributed by atoms with Gasteiger partial charge in [-0.25, -0.2) is 0 Å². The summed E-state index contributed by atoms with van der Waals surface area (Å²) < 4.78 is 11.3. The van der Waals surface area contributed by atoms with Crippen molar-refractivity contribution in [3.8, 4) is 5.75 Å². The molecular weight excluding hydrogens is 394 g/mol. The number of morpholine rings is 1. The first-order valence-electron chi connectivity index (χ1n) is 11.0. The van der Waals surface area contributed by atoms with Crippen molar-refractivity contribution in [3.63, 3.8) is 0 Å². The SMILES string of the molecule is C=CC(=O)Nc1ccc(C(=O)N2CCCC(=C)C2)cc1OCCN1CCOCC1.CC. The Kier molecular flexibility index (Phi) is 10.3. The summed E-state index contributed by atoms with van der Waals surface area (Å²) in [6, 6.07) is 5.13. The Bertz CT molecular complexity index is 772. The predicted molar refractivity (Wildman–Crippen MR) is 124 cm³/mol. The topological polar surface area (TPSA) is 71.1 Å². The molecular formula is C24H35N3O4. The molecule has 7 heteroatoms. The fourth-order valence-electron chi connectivity index (χ4n) is 3.48. The monoisotopic (exact) mass is 429 g/mol. The summed E-state index contributed by atoms with van der Waals surface area (Å²) in [5, 5.41) is 2.75. The number of nitrogens with one attached hydrogen (secondary N) is 1. The number of amides is 2. The first-order chi connectivity index (χ1) is 15.1. The van der Waals surface area contributed by atoms with Crippen LogP contribution in [-0.2, 0) is 9.53 Å². The van der Waals surface area contributed by atoms with Crippen LogP contribution in [0.3, 0.4) is 0 Å². The first kappa shape index (κ1) is 24.6. The lowest BCUT2D eigenvalue weighted by Crippen LogP contribution is -2.38. The van der Waals surface area contributed by atoms with Crippen molar-refractivity contribution in [2.75, 3.05) is 57.9 Å². The third-order valence-electron chi connectivity index (χ3n) is 5.10. The maximum absolute atomic E-state index is 12.9. The number of anilines is 1. The number of hydrogen-bond donors (Lipinski definition) is 1. The Labute approximate surface area is 185 Å². The number of carbonyl (C=O) groups is 2. The second-order valence-corrected chi connectivity index (χ2v) is 7.29. The smallest absolute Gasteiger partial charge is 0.254 e. The second kappa shape index (κ2) is 12.9. The quantitative estimate of drug-likeness (QED) is 0.532. The lowest BCUT2D eigenvalue weighted by Gasteiger charge is -2.28. The standard InChI is InChI=1S/C22H29N3O4.C2H6/c1-3-21(26)23-19-7-6-18(22(27)25-8-4-5-17(2)16-25)15-20(19)29-14-11-24-9-12-28-13-10-24;1-2/h3,6-7,15H,1-2,4-5,8-14,16H2,(H,23,26);1-2H3. The van der Waals surface area contributed by atoms with Gasteiger partial charge >= 0.3 is 0 Å². The van der Waals surface area contributed by atoms with E-state index in [4.69, 9.17) is 9.47 Å². The molecule has 2 fully saturated rings. The van der Waals surface area contributed by atoms with Crippen LogP contribution in [0.15, 0.2) is 43.0 Å². The molecule has 7 nitrogen and oxygen atoms in total. The van der Waals surface area contributed by atoms with Crippen LogP contribution in [0, 0.1) is 0 Å². The molecule has 0 bridgehead atoms. The van der Waals surface area contributed by atoms with E-state index in [0.717, 1.165) is 57.8 Å². The normalized spacial score (nSPS) is 16.7. The molecule has 1 N–H and O–H groups in total. The summed E-state index contributed by atoms with van der Waals surface area (Å²) in [4.78, 5) is 28.7. The van der Waals surface area contributed by atoms with Gasteiger partial charge in [0.1, 0.15) is 12.4 Å². The fourth-order valence-corrected chi connectivity index (χ4v) is 3.48. The number of hydrogen-bond acceptors (Lipinski definition) is 5. The number of rotatable bonds is 7. The van der Waals surface area contributed by atoms with Gasteiger partial charge in [0.25, 0.3) is 5.91 Å². The van der Waals surface area contributed by atoms with Crippen molar-refractivity contribution >= 4 is 17.5 Å². The molecule has 31 heavy (non-hydrogen) atoms. The molecule has 2 aliphatic rings. The van der Waals surface area contributed by atoms with Crippen LogP contribution < -0.4 is 10.1 Å². The Balaban J connectivity index is 0.00000166. The van der Waals surface area contributed by atoms with Gasteiger partial charge in [-0.3, -0.25) is 14.5 Å². The zero-order valence-electron chi connectivity index (χ0n) is 18.8. The summed E-state index contributed by atoms with van der Waals surface area (Å²) >= 11 is 0. The van der Waals surface area contributed by atoms with Crippen LogP contribution in [0.5, 0.6) is 5.75 Å². The molecule has 2 aliphatic heterocycles. The van der Waals surface area contributed by atoms with E-state index >= 15 is 0 Å². The highest BCUT2D eigenvalue weighted by molar-refractivity contribution is 6.01. The molecule has 2 amide bonds. The van der Waals surface area contributed by atoms with Crippen molar-refractivity contribution in [1.82, 2.24) is 9.80 Å². The van der Waals surface area contributed by atoms with Crippen molar-refractivity contribution in [2.24, 2.45) is 0 Å². The van der Waals surface area contributed by atoms with E-state index in [2.05, 4.69) is 23.4 Å². The molecule has 0 radical (unpaired) electrons. The number of benzene rings is 1. The van der Waals surface area contributed by atoms with E-state index in [0.29, 0.717) is 30.2 Å². The van der Waals surface area contributed by atoms with Crippen LogP contribution in [0.4, 0.5) is 5.69 Å². The molecule has 0 atom stereocenters. The van der Waals surface area contributed by atoms with E-state index in [1.165, 1.54) is 6.08 Å². The molecule has 0 aromatic heterocycles. The minimum absolute atomic E-state index is 0.0505. The molecule has 0 unspecified atom stereocenters. The minimum Gasteiger partial charge on any atom is -0.490 e. The Morgan fingerprint density at radius 1 is 1.23 bits per heavy atom. The Hall–Kier alpha value is -2.64. The molecule has 0 spiro atoms. The highest BCUT2D eigenvalue weighted by atomic mass is 16.5. The molecule has 0 aliphatic carbocycles. The first-order valence-corrected chi connectivity index (χ1v) is 11.0. The number of carbonyl (C=O) groups excluding carboxylic acids is 2. The van der Waals surface area contributed by atoms with Gasteiger partial charge in [-0.1, -0.05) is 32.6 Å². The molecule has 2 heterocycles. The van der Waals surface area contributed by atoms with Gasteiger partial charge in [0.2, 0.25) is 5.91 Å². The molecule has 3 rings (SSSR count). The van der Waals surface area contributed by atoms with E-state index in [1.54, 1.807) is 23.1 Å². The van der Waals surface area contributed by atoms with Crippen LogP contribution in [-0.4, -0.2) is 74.2 Å². The fraction of sp³-hybridized carbons (Fsp3) is 0.500. The molecule has 0 saturated carbocycles. The van der Waals surface area contributed by atoms with Crippen molar-refractivity contribution in [2.45, 2.75) is 26.7 Å². The predicted octanol–water partition coefficient (Wildman–Crippen LogP) is 3.34. The van der Waals surface area contributed by atoms with Crippen LogP contribution in [0.2, 0.25) is 0 Å². The van der Waals surface area contributed by atoms with Crippen LogP contribution >= 0.6 is 0 Å². The van der Waals surface area contributed by atoms with Crippen molar-refractivity contribution in [1.29, 1.82) is 0 Å². The van der Waals surface area contributed by atoms with E-state index in [9.17, 15) is 9.59 Å². The van der Waals surface area contributed by atoms with Gasteiger partial charge in [-0.15, -0.1) is 0 Å². The van der Waals surface area contributed by atoms with E-state index < -0.39 is 0 Å². The second-order valence-electron chi connectivity index (χ2n) is 7.29. The van der Waals surface area contributed by atoms with Crippen LogP contribution in [0.1, 0.15) is 37.0 Å². The van der Waals surface area contributed by atoms with Crippen molar-refractivity contribution in [3.05, 3.63) is 48.6 Å². The largest absolute Gasteiger partial charge is 0.490 e. The maximum Gasteiger partial charge on any atom is 0.254 e. The zero-order valence-corrected chi connectivity index (χ0v) is 18.8. The Morgan fingerprint density at radius 2 is 1.97 bits per heavy atom. The number of piperidine rings is 1. The third kappa shape index (κ3) is 7.52. The average molecular weight is 430 g/mol. The summed E-state index contributed by atoms with van der Waals surface area (Å²) in [5.41, 5.74) is 2.13. The average Bonchev–Trinajstić information content (AvgIpc) is 2.81. The van der Waals surface area contributed by atoms with Gasteiger partial charge in [-0.2, -0.15) is 0 Å². The van der Waals surface area contributed by atoms with E-state index in [-0.39, 0.29) is 11.8 Å². The summed E-state index contributed by atoms with van der Waals surface area (Å²) in [6.45, 7) is 17.2. The number of nitrogens with zero attached hydrogens (tertiary/aromatic N) is 2. The van der Waals surface area contributed by atoms with Gasteiger partial charge in [0.05, 0.1) is 18.9 Å². The zero-order chi connectivity index (χ0) is 22.6. The highest BCUT2D eigenvalue weighted by Gasteiger charge is 2.21. The Morgan fingerprint density at radius 3 is 2.65 bits per heavy atom. The van der Waals surface area contributed by atoms with Crippen LogP contribution in [0.25, 0.3) is 0 Å². The number of ether oxygens (including phenoxy) is 2. The molecule has 1 aromatic rings. The van der Waals surface area contributed by atoms with Gasteiger partial charge in [-0.05, 0) is 37.1 Å². The number of likely N-dealkylation sites (tertiary alicyclic amines) is 1. The third-order valence-corrected chi connectivity index (χ3v) is 5.10. The van der Waals surface area contributed by atoms with Gasteiger partial charge in [0, 0.05) is 38.3 Å². The minimum atomic E-state index is -0.325. The van der Waals surface area contributed by atoms with Gasteiger partial charge in [0.15, 0.2) is 0 Å². The molecule has 2 saturated heterocycles. The summed E-state index contributed by atoms with van der Waals surface area (Å²) in [5.74, 6) is 0.107. The maximum atomic E-state index is 12.9. The molecule has 170 valence electrons. The highest BCUT2D eigenvalue weighted by Crippen LogP contribution is 2.27. The summed E-state index contributed by atoms with van der Waals surface area (Å²) in [7, 11) is 0. The van der Waals surface area contributed by atoms with Crippen molar-refractivity contribution < 1.29 is 19.1 Å². The van der Waals surface area contributed by atoms with E-state index in [1.807, 2.05) is 13.8 Å².